The second-order valence-corrected chi connectivity index (χ2v) is 6.56. The van der Waals surface area contributed by atoms with Gasteiger partial charge in [0.2, 0.25) is 5.88 Å². The van der Waals surface area contributed by atoms with E-state index in [4.69, 9.17) is 4.74 Å². The third kappa shape index (κ3) is 3.75. The van der Waals surface area contributed by atoms with Crippen molar-refractivity contribution in [2.75, 3.05) is 13.1 Å². The van der Waals surface area contributed by atoms with Crippen LogP contribution in [0.25, 0.3) is 5.69 Å². The third-order valence-corrected chi connectivity index (χ3v) is 4.51. The zero-order valence-corrected chi connectivity index (χ0v) is 14.7. The van der Waals surface area contributed by atoms with E-state index in [-0.39, 0.29) is 5.91 Å². The van der Waals surface area contributed by atoms with Crippen LogP contribution in [0.3, 0.4) is 0 Å². The predicted octanol–water partition coefficient (Wildman–Crippen LogP) is 3.41. The number of halogens is 1. The summed E-state index contributed by atoms with van der Waals surface area (Å²) in [5, 5.41) is 4.42. The van der Waals surface area contributed by atoms with Crippen molar-refractivity contribution in [1.82, 2.24) is 14.7 Å². The lowest BCUT2D eigenvalue weighted by Crippen LogP contribution is -2.43. The molecule has 0 saturated carbocycles. The number of hydrogen-bond acceptors (Lipinski definition) is 3. The molecule has 1 atom stereocenters. The fourth-order valence-corrected chi connectivity index (χ4v) is 3.09. The summed E-state index contributed by atoms with van der Waals surface area (Å²) in [6, 6.07) is 9.79. The molecule has 1 fully saturated rings. The van der Waals surface area contributed by atoms with Crippen LogP contribution in [-0.4, -0.2) is 39.8 Å². The number of hydrogen-bond donors (Lipinski definition) is 0. The number of aromatic nitrogens is 2. The molecule has 1 amide bonds. The molecule has 6 heteroatoms. The average Bonchev–Trinajstić information content (AvgIpc) is 2.96. The molecule has 5 nitrogen and oxygen atoms in total. The van der Waals surface area contributed by atoms with Crippen molar-refractivity contribution in [3.8, 4) is 11.6 Å². The zero-order chi connectivity index (χ0) is 16.2. The third-order valence-electron chi connectivity index (χ3n) is 3.96. The summed E-state index contributed by atoms with van der Waals surface area (Å²) in [5.74, 6) is 0.470. The van der Waals surface area contributed by atoms with E-state index in [9.17, 15) is 4.79 Å². The van der Waals surface area contributed by atoms with E-state index in [1.54, 1.807) is 11.6 Å². The Hall–Kier alpha value is -1.82. The summed E-state index contributed by atoms with van der Waals surface area (Å²) in [7, 11) is 0. The fourth-order valence-electron chi connectivity index (χ4n) is 2.72. The summed E-state index contributed by atoms with van der Waals surface area (Å²) in [4.78, 5) is 14.3. The molecule has 1 aliphatic rings. The molecule has 0 bridgehead atoms. The number of nitrogens with zero attached hydrogens (tertiary/aromatic N) is 3. The Balaban J connectivity index is 1.70. The summed E-state index contributed by atoms with van der Waals surface area (Å²) in [6.07, 6.45) is 4.65. The van der Waals surface area contributed by atoms with Gasteiger partial charge >= 0.3 is 0 Å². The fraction of sp³-hybridized carbons (Fsp3) is 0.412. The molecular weight excluding hydrogens is 358 g/mol. The summed E-state index contributed by atoms with van der Waals surface area (Å²) in [6.45, 7) is 3.43. The van der Waals surface area contributed by atoms with Gasteiger partial charge in [-0.1, -0.05) is 18.2 Å². The van der Waals surface area contributed by atoms with Crippen LogP contribution < -0.4 is 4.74 Å². The first kappa shape index (κ1) is 16.1. The van der Waals surface area contributed by atoms with E-state index in [0.29, 0.717) is 5.88 Å². The number of benzene rings is 1. The van der Waals surface area contributed by atoms with Gasteiger partial charge in [-0.25, -0.2) is 4.68 Å². The molecule has 0 N–H and O–H groups in total. The van der Waals surface area contributed by atoms with Gasteiger partial charge in [-0.2, -0.15) is 0 Å². The van der Waals surface area contributed by atoms with E-state index in [1.165, 1.54) is 6.42 Å². The van der Waals surface area contributed by atoms with Crippen LogP contribution >= 0.6 is 15.9 Å². The van der Waals surface area contributed by atoms with Crippen LogP contribution in [0.2, 0.25) is 0 Å². The van der Waals surface area contributed by atoms with Gasteiger partial charge in [0.1, 0.15) is 0 Å². The maximum atomic E-state index is 12.4. The van der Waals surface area contributed by atoms with Crippen molar-refractivity contribution < 1.29 is 9.53 Å². The molecule has 1 unspecified atom stereocenters. The maximum absolute atomic E-state index is 12.4. The van der Waals surface area contributed by atoms with E-state index in [2.05, 4.69) is 21.0 Å². The van der Waals surface area contributed by atoms with Gasteiger partial charge in [0, 0.05) is 19.3 Å². The van der Waals surface area contributed by atoms with E-state index >= 15 is 0 Å². The van der Waals surface area contributed by atoms with Crippen LogP contribution in [0.4, 0.5) is 0 Å². The molecule has 3 rings (SSSR count). The van der Waals surface area contributed by atoms with Crippen LogP contribution in [-0.2, 0) is 4.79 Å². The number of carbonyl (C=O) groups is 1. The Bertz CT molecular complexity index is 666. The molecule has 0 radical (unpaired) electrons. The molecule has 2 aromatic rings. The Kier molecular flexibility index (Phi) is 5.00. The standard InChI is InChI=1S/C17H20BrN3O2/c1-13(17(22)20-10-6-3-7-11-20)23-16-15(18)12-21(19-16)14-8-4-2-5-9-14/h2,4-5,8-9,12-13H,3,6-7,10-11H2,1H3. The lowest BCUT2D eigenvalue weighted by Gasteiger charge is -2.28. The van der Waals surface area contributed by atoms with E-state index in [1.807, 2.05) is 41.4 Å². The van der Waals surface area contributed by atoms with Crippen molar-refractivity contribution in [3.05, 3.63) is 41.0 Å². The van der Waals surface area contributed by atoms with Crippen molar-refractivity contribution in [2.24, 2.45) is 0 Å². The van der Waals surface area contributed by atoms with E-state index in [0.717, 1.165) is 36.1 Å². The molecular formula is C17H20BrN3O2. The zero-order valence-electron chi connectivity index (χ0n) is 13.1. The van der Waals surface area contributed by atoms with Crippen LogP contribution in [0.1, 0.15) is 26.2 Å². The molecule has 23 heavy (non-hydrogen) atoms. The minimum Gasteiger partial charge on any atom is -0.463 e. The number of piperidine rings is 1. The topological polar surface area (TPSA) is 47.4 Å². The van der Waals surface area contributed by atoms with E-state index < -0.39 is 6.10 Å². The highest BCUT2D eigenvalue weighted by Crippen LogP contribution is 2.26. The minimum atomic E-state index is -0.538. The molecule has 1 aliphatic heterocycles. The Labute approximate surface area is 144 Å². The van der Waals surface area contributed by atoms with Gasteiger partial charge in [-0.05, 0) is 54.2 Å². The number of likely N-dealkylation sites (tertiary alicyclic amines) is 1. The molecule has 1 saturated heterocycles. The molecule has 0 aliphatic carbocycles. The van der Waals surface area contributed by atoms with Crippen molar-refractivity contribution in [1.29, 1.82) is 0 Å². The number of para-hydroxylation sites is 1. The maximum Gasteiger partial charge on any atom is 0.263 e. The summed E-state index contributed by atoms with van der Waals surface area (Å²) >= 11 is 3.45. The van der Waals surface area contributed by atoms with Gasteiger partial charge in [0.25, 0.3) is 5.91 Å². The van der Waals surface area contributed by atoms with Crippen molar-refractivity contribution in [3.63, 3.8) is 0 Å². The quantitative estimate of drug-likeness (QED) is 0.819. The lowest BCUT2D eigenvalue weighted by atomic mass is 10.1. The number of carbonyl (C=O) groups excluding carboxylic acids is 1. The Morgan fingerprint density at radius 2 is 1.91 bits per heavy atom. The normalized spacial score (nSPS) is 16.2. The largest absolute Gasteiger partial charge is 0.463 e. The molecule has 0 spiro atoms. The highest BCUT2D eigenvalue weighted by atomic mass is 79.9. The second-order valence-electron chi connectivity index (χ2n) is 5.71. The monoisotopic (exact) mass is 377 g/mol. The van der Waals surface area contributed by atoms with Gasteiger partial charge < -0.3 is 9.64 Å². The molecule has 2 heterocycles. The predicted molar refractivity (Wildman–Crippen MR) is 91.8 cm³/mol. The van der Waals surface area contributed by atoms with Gasteiger partial charge in [-0.15, -0.1) is 5.10 Å². The molecule has 122 valence electrons. The van der Waals surface area contributed by atoms with Crippen LogP contribution in [0.15, 0.2) is 41.0 Å². The van der Waals surface area contributed by atoms with Gasteiger partial charge in [-0.3, -0.25) is 4.79 Å². The number of ether oxygens (including phenoxy) is 1. The first-order valence-corrected chi connectivity index (χ1v) is 8.70. The summed E-state index contributed by atoms with van der Waals surface area (Å²) < 4.78 is 8.26. The smallest absolute Gasteiger partial charge is 0.263 e. The SMILES string of the molecule is CC(Oc1nn(-c2ccccc2)cc1Br)C(=O)N1CCCCC1. The molecule has 1 aromatic carbocycles. The van der Waals surface area contributed by atoms with Gasteiger partial charge in [0.15, 0.2) is 6.10 Å². The van der Waals surface area contributed by atoms with Crippen molar-refractivity contribution in [2.45, 2.75) is 32.3 Å². The highest BCUT2D eigenvalue weighted by molar-refractivity contribution is 9.10. The first-order chi connectivity index (χ1) is 11.1. The van der Waals surface area contributed by atoms with Crippen LogP contribution in [0.5, 0.6) is 5.88 Å². The minimum absolute atomic E-state index is 0.0332. The second kappa shape index (κ2) is 7.17. The Morgan fingerprint density at radius 1 is 1.22 bits per heavy atom. The highest BCUT2D eigenvalue weighted by Gasteiger charge is 2.25. The van der Waals surface area contributed by atoms with Crippen LogP contribution in [0, 0.1) is 0 Å². The lowest BCUT2D eigenvalue weighted by molar-refractivity contribution is -0.139. The number of rotatable bonds is 4. The van der Waals surface area contributed by atoms with Crippen molar-refractivity contribution >= 4 is 21.8 Å². The number of amides is 1. The molecule has 1 aromatic heterocycles. The average molecular weight is 378 g/mol. The summed E-state index contributed by atoms with van der Waals surface area (Å²) in [5.41, 5.74) is 0.943. The van der Waals surface area contributed by atoms with Gasteiger partial charge in [0.05, 0.1) is 10.2 Å². The Morgan fingerprint density at radius 3 is 2.61 bits per heavy atom. The first-order valence-electron chi connectivity index (χ1n) is 7.91.